The summed E-state index contributed by atoms with van der Waals surface area (Å²) in [7, 11) is -2.54. The van der Waals surface area contributed by atoms with E-state index in [0.29, 0.717) is 25.6 Å². The second-order valence-electron chi connectivity index (χ2n) is 3.99. The fourth-order valence-electron chi connectivity index (χ4n) is 1.88. The molecule has 0 aromatic carbocycles. The number of hydrogen-bond donors (Lipinski definition) is 1. The molecule has 2 N–H and O–H groups in total. The highest BCUT2D eigenvalue weighted by Gasteiger charge is 2.39. The van der Waals surface area contributed by atoms with Crippen LogP contribution in [-0.2, 0) is 19.8 Å². The Hall–Kier alpha value is -0.963. The third-order valence-corrected chi connectivity index (χ3v) is 5.67. The van der Waals surface area contributed by atoms with E-state index in [-0.39, 0.29) is 0 Å². The molecule has 0 spiro atoms. The van der Waals surface area contributed by atoms with Crippen LogP contribution in [0.1, 0.15) is 27.2 Å². The Labute approximate surface area is 115 Å². The molecule has 1 aromatic heterocycles. The number of nitrogens with two attached hydrogens (primary N) is 1. The van der Waals surface area contributed by atoms with Gasteiger partial charge < -0.3 is 19.0 Å². The molecule has 0 aliphatic carbocycles. The van der Waals surface area contributed by atoms with E-state index < -0.39 is 8.80 Å². The standard InChI is InChI=1S/C11H24N4O3Si/c1-4-16-19(17-5-2,18-6-3)9-7-8-15-10-11(12)13-14-15/h10H,4-9,12H2,1-3H3. The second kappa shape index (κ2) is 8.26. The maximum Gasteiger partial charge on any atom is 0.500 e. The minimum Gasteiger partial charge on any atom is -0.381 e. The highest BCUT2D eigenvalue weighted by molar-refractivity contribution is 6.60. The summed E-state index contributed by atoms with van der Waals surface area (Å²) in [6, 6.07) is 0.766. The van der Waals surface area contributed by atoms with Gasteiger partial charge in [0.1, 0.15) is 0 Å². The van der Waals surface area contributed by atoms with E-state index in [4.69, 9.17) is 19.0 Å². The van der Waals surface area contributed by atoms with E-state index in [0.717, 1.165) is 19.0 Å². The summed E-state index contributed by atoms with van der Waals surface area (Å²) in [5.74, 6) is 0.433. The first-order valence-corrected chi connectivity index (χ1v) is 8.66. The molecule has 0 saturated heterocycles. The van der Waals surface area contributed by atoms with E-state index in [2.05, 4.69) is 10.3 Å². The maximum absolute atomic E-state index is 5.78. The number of aryl methyl sites for hydroxylation is 1. The molecule has 0 aliphatic rings. The van der Waals surface area contributed by atoms with E-state index >= 15 is 0 Å². The molecular formula is C11H24N4O3Si. The summed E-state index contributed by atoms with van der Waals surface area (Å²) in [6.07, 6.45) is 2.57. The molecule has 1 rings (SSSR count). The first-order valence-electron chi connectivity index (χ1n) is 6.73. The van der Waals surface area contributed by atoms with Crippen LogP contribution in [0.3, 0.4) is 0 Å². The number of nitrogen functional groups attached to an aromatic ring is 1. The minimum atomic E-state index is -2.54. The van der Waals surface area contributed by atoms with Gasteiger partial charge in [0.05, 0.1) is 6.20 Å². The first-order chi connectivity index (χ1) is 9.15. The average Bonchev–Trinajstić information content (AvgIpc) is 2.76. The third kappa shape index (κ3) is 5.27. The average molecular weight is 288 g/mol. The van der Waals surface area contributed by atoms with Crippen molar-refractivity contribution in [2.45, 2.75) is 39.8 Å². The molecule has 8 heteroatoms. The Kier molecular flexibility index (Phi) is 6.99. The molecule has 1 heterocycles. The van der Waals surface area contributed by atoms with E-state index in [9.17, 15) is 0 Å². The van der Waals surface area contributed by atoms with Gasteiger partial charge in [0, 0.05) is 32.4 Å². The lowest BCUT2D eigenvalue weighted by molar-refractivity contribution is 0.0704. The van der Waals surface area contributed by atoms with Crippen LogP contribution >= 0.6 is 0 Å². The smallest absolute Gasteiger partial charge is 0.381 e. The van der Waals surface area contributed by atoms with Crippen molar-refractivity contribution in [3.8, 4) is 0 Å². The number of aromatic nitrogens is 3. The summed E-state index contributed by atoms with van der Waals surface area (Å²) in [4.78, 5) is 0. The molecule has 0 aliphatic heterocycles. The van der Waals surface area contributed by atoms with Crippen LogP contribution in [0.25, 0.3) is 0 Å². The normalized spacial score (nSPS) is 11.9. The Morgan fingerprint density at radius 3 is 2.16 bits per heavy atom. The lowest BCUT2D eigenvalue weighted by Crippen LogP contribution is -2.46. The van der Waals surface area contributed by atoms with Crippen molar-refractivity contribution in [2.75, 3.05) is 25.6 Å². The molecule has 0 atom stereocenters. The van der Waals surface area contributed by atoms with E-state index in [1.807, 2.05) is 20.8 Å². The zero-order valence-corrected chi connectivity index (χ0v) is 13.0. The molecule has 1 aromatic rings. The van der Waals surface area contributed by atoms with Crippen LogP contribution in [0, 0.1) is 0 Å². The molecule has 0 amide bonds. The predicted octanol–water partition coefficient (Wildman–Crippen LogP) is 1.30. The summed E-state index contributed by atoms with van der Waals surface area (Å²) < 4.78 is 19.1. The molecule has 0 bridgehead atoms. The van der Waals surface area contributed by atoms with Crippen molar-refractivity contribution in [3.63, 3.8) is 0 Å². The van der Waals surface area contributed by atoms with Crippen LogP contribution in [0.2, 0.25) is 6.04 Å². The fraction of sp³-hybridized carbons (Fsp3) is 0.818. The lowest BCUT2D eigenvalue weighted by Gasteiger charge is -2.28. The van der Waals surface area contributed by atoms with E-state index in [1.54, 1.807) is 10.9 Å². The number of hydrogen-bond acceptors (Lipinski definition) is 6. The SMILES string of the molecule is CCO[Si](CCCn1cc(N)nn1)(OCC)OCC. The Bertz CT molecular complexity index is 344. The van der Waals surface area contributed by atoms with Gasteiger partial charge in [0.15, 0.2) is 5.82 Å². The van der Waals surface area contributed by atoms with Gasteiger partial charge in [-0.2, -0.15) is 0 Å². The van der Waals surface area contributed by atoms with Gasteiger partial charge in [-0.1, -0.05) is 5.21 Å². The lowest BCUT2D eigenvalue weighted by atomic mass is 10.5. The van der Waals surface area contributed by atoms with Crippen molar-refractivity contribution in [1.29, 1.82) is 0 Å². The third-order valence-electron chi connectivity index (χ3n) is 2.52. The van der Waals surface area contributed by atoms with Crippen LogP contribution < -0.4 is 5.73 Å². The van der Waals surface area contributed by atoms with Crippen molar-refractivity contribution in [3.05, 3.63) is 6.20 Å². The predicted molar refractivity (Wildman–Crippen MR) is 74.5 cm³/mol. The van der Waals surface area contributed by atoms with Crippen LogP contribution in [0.4, 0.5) is 5.82 Å². The second-order valence-corrected chi connectivity index (χ2v) is 6.72. The monoisotopic (exact) mass is 288 g/mol. The fourth-order valence-corrected chi connectivity index (χ4v) is 4.48. The van der Waals surface area contributed by atoms with Gasteiger partial charge in [-0.15, -0.1) is 5.10 Å². The minimum absolute atomic E-state index is 0.433. The van der Waals surface area contributed by atoms with Crippen LogP contribution in [0.15, 0.2) is 6.20 Å². The molecule has 0 unspecified atom stereocenters. The summed E-state index contributed by atoms with van der Waals surface area (Å²) in [5, 5.41) is 7.66. The molecule has 7 nitrogen and oxygen atoms in total. The molecule has 110 valence electrons. The summed E-state index contributed by atoms with van der Waals surface area (Å²) >= 11 is 0. The van der Waals surface area contributed by atoms with Gasteiger partial charge in [-0.25, -0.2) is 0 Å². The zero-order valence-electron chi connectivity index (χ0n) is 12.0. The molecule has 0 saturated carbocycles. The van der Waals surface area contributed by atoms with Gasteiger partial charge in [-0.05, 0) is 27.2 Å². The van der Waals surface area contributed by atoms with Gasteiger partial charge >= 0.3 is 8.80 Å². The van der Waals surface area contributed by atoms with Gasteiger partial charge in [-0.3, -0.25) is 4.68 Å². The molecule has 0 fully saturated rings. The molecule has 0 radical (unpaired) electrons. The summed E-state index contributed by atoms with van der Waals surface area (Å²) in [6.45, 7) is 8.40. The number of nitrogens with zero attached hydrogens (tertiary/aromatic N) is 3. The largest absolute Gasteiger partial charge is 0.500 e. The molecule has 19 heavy (non-hydrogen) atoms. The maximum atomic E-state index is 5.78. The van der Waals surface area contributed by atoms with E-state index in [1.165, 1.54) is 0 Å². The van der Waals surface area contributed by atoms with Crippen LogP contribution in [-0.4, -0.2) is 43.6 Å². The van der Waals surface area contributed by atoms with Gasteiger partial charge in [0.25, 0.3) is 0 Å². The topological polar surface area (TPSA) is 84.4 Å². The Morgan fingerprint density at radius 1 is 1.16 bits per heavy atom. The zero-order chi connectivity index (χ0) is 14.1. The first kappa shape index (κ1) is 16.1. The highest BCUT2D eigenvalue weighted by Crippen LogP contribution is 2.18. The van der Waals surface area contributed by atoms with Crippen molar-refractivity contribution in [2.24, 2.45) is 0 Å². The Morgan fingerprint density at radius 2 is 1.74 bits per heavy atom. The van der Waals surface area contributed by atoms with Gasteiger partial charge in [0.2, 0.25) is 0 Å². The van der Waals surface area contributed by atoms with Crippen LogP contribution in [0.5, 0.6) is 0 Å². The summed E-state index contributed by atoms with van der Waals surface area (Å²) in [5.41, 5.74) is 5.52. The van der Waals surface area contributed by atoms with Crippen molar-refractivity contribution in [1.82, 2.24) is 15.0 Å². The quantitative estimate of drug-likeness (QED) is 0.653. The Balaban J connectivity index is 2.50. The number of rotatable bonds is 10. The molecular weight excluding hydrogens is 264 g/mol. The van der Waals surface area contributed by atoms with Crippen molar-refractivity contribution >= 4 is 14.6 Å². The highest BCUT2D eigenvalue weighted by atomic mass is 28.4. The van der Waals surface area contributed by atoms with Crippen molar-refractivity contribution < 1.29 is 13.3 Å². The number of anilines is 1.